The zero-order chi connectivity index (χ0) is 11.1. The minimum atomic E-state index is -0.373. The van der Waals surface area contributed by atoms with E-state index in [1.54, 1.807) is 0 Å². The number of hydrogen-bond acceptors (Lipinski definition) is 2. The van der Waals surface area contributed by atoms with Gasteiger partial charge in [0.15, 0.2) is 0 Å². The Labute approximate surface area is 92.3 Å². The van der Waals surface area contributed by atoms with Crippen molar-refractivity contribution in [2.24, 2.45) is 5.92 Å². The third-order valence-electron chi connectivity index (χ3n) is 3.11. The molecule has 1 aliphatic rings. The summed E-state index contributed by atoms with van der Waals surface area (Å²) >= 11 is 0. The van der Waals surface area contributed by atoms with Crippen LogP contribution in [0.4, 0.5) is 0 Å². The summed E-state index contributed by atoms with van der Waals surface area (Å²) in [5.74, 6) is 0.699. The quantitative estimate of drug-likeness (QED) is 0.707. The van der Waals surface area contributed by atoms with E-state index >= 15 is 0 Å². The van der Waals surface area contributed by atoms with Crippen molar-refractivity contribution >= 4 is 5.91 Å². The summed E-state index contributed by atoms with van der Waals surface area (Å²) in [6, 6.07) is 0. The topological polar surface area (TPSA) is 49.3 Å². The molecule has 1 amide bonds. The number of nitrogens with one attached hydrogen (secondary N) is 1. The minimum Gasteiger partial charge on any atom is -0.391 e. The van der Waals surface area contributed by atoms with Gasteiger partial charge in [-0.15, -0.1) is 0 Å². The van der Waals surface area contributed by atoms with E-state index in [4.69, 9.17) is 0 Å². The SMILES string of the molecule is CCCC(O)CNC(=O)CC1CCCC1. The van der Waals surface area contributed by atoms with Crippen molar-refractivity contribution in [3.63, 3.8) is 0 Å². The van der Waals surface area contributed by atoms with Gasteiger partial charge in [-0.1, -0.05) is 26.2 Å². The second-order valence-electron chi connectivity index (χ2n) is 4.60. The summed E-state index contributed by atoms with van der Waals surface area (Å²) in [7, 11) is 0. The summed E-state index contributed by atoms with van der Waals surface area (Å²) in [5, 5.41) is 12.2. The average molecular weight is 213 g/mol. The molecule has 3 heteroatoms. The maximum Gasteiger partial charge on any atom is 0.220 e. The third-order valence-corrected chi connectivity index (χ3v) is 3.11. The first kappa shape index (κ1) is 12.5. The molecule has 1 aliphatic carbocycles. The van der Waals surface area contributed by atoms with Crippen molar-refractivity contribution in [1.82, 2.24) is 5.32 Å². The molecule has 88 valence electrons. The maximum atomic E-state index is 11.5. The molecule has 0 spiro atoms. The van der Waals surface area contributed by atoms with Crippen molar-refractivity contribution in [3.8, 4) is 0 Å². The van der Waals surface area contributed by atoms with Crippen LogP contribution in [0, 0.1) is 5.92 Å². The average Bonchev–Trinajstić information content (AvgIpc) is 2.68. The number of carbonyl (C=O) groups is 1. The zero-order valence-corrected chi connectivity index (χ0v) is 9.67. The Kier molecular flexibility index (Phi) is 5.69. The van der Waals surface area contributed by atoms with Crippen LogP contribution >= 0.6 is 0 Å². The molecule has 0 heterocycles. The molecule has 1 rings (SSSR count). The number of carbonyl (C=O) groups excluding carboxylic acids is 1. The summed E-state index contributed by atoms with van der Waals surface area (Å²) in [5.41, 5.74) is 0. The zero-order valence-electron chi connectivity index (χ0n) is 9.67. The Morgan fingerprint density at radius 3 is 2.73 bits per heavy atom. The van der Waals surface area contributed by atoms with E-state index < -0.39 is 0 Å². The molecule has 3 nitrogen and oxygen atoms in total. The van der Waals surface area contributed by atoms with Crippen LogP contribution in [-0.4, -0.2) is 23.7 Å². The second-order valence-corrected chi connectivity index (χ2v) is 4.60. The van der Waals surface area contributed by atoms with Crippen molar-refractivity contribution in [2.45, 2.75) is 58.0 Å². The van der Waals surface area contributed by atoms with E-state index in [9.17, 15) is 9.90 Å². The van der Waals surface area contributed by atoms with Crippen LogP contribution < -0.4 is 5.32 Å². The predicted octanol–water partition coefficient (Wildman–Crippen LogP) is 1.84. The lowest BCUT2D eigenvalue weighted by Gasteiger charge is -2.12. The van der Waals surface area contributed by atoms with Gasteiger partial charge in [0, 0.05) is 13.0 Å². The van der Waals surface area contributed by atoms with Gasteiger partial charge in [0.1, 0.15) is 0 Å². The van der Waals surface area contributed by atoms with Crippen LogP contribution in [0.2, 0.25) is 0 Å². The smallest absolute Gasteiger partial charge is 0.220 e. The molecule has 1 fully saturated rings. The Balaban J connectivity index is 2.07. The molecule has 2 N–H and O–H groups in total. The monoisotopic (exact) mass is 213 g/mol. The van der Waals surface area contributed by atoms with Gasteiger partial charge in [-0.25, -0.2) is 0 Å². The predicted molar refractivity (Wildman–Crippen MR) is 60.5 cm³/mol. The Hall–Kier alpha value is -0.570. The van der Waals surface area contributed by atoms with Gasteiger partial charge in [0.05, 0.1) is 6.10 Å². The van der Waals surface area contributed by atoms with Crippen molar-refractivity contribution in [3.05, 3.63) is 0 Å². The molecule has 0 aliphatic heterocycles. The van der Waals surface area contributed by atoms with Gasteiger partial charge in [0.2, 0.25) is 5.91 Å². The largest absolute Gasteiger partial charge is 0.391 e. The lowest BCUT2D eigenvalue weighted by molar-refractivity contribution is -0.122. The standard InChI is InChI=1S/C12H23NO2/c1-2-5-11(14)9-13-12(15)8-10-6-3-4-7-10/h10-11,14H,2-9H2,1H3,(H,13,15). The van der Waals surface area contributed by atoms with E-state index in [-0.39, 0.29) is 12.0 Å². The first-order chi connectivity index (χ1) is 7.22. The van der Waals surface area contributed by atoms with Crippen molar-refractivity contribution in [2.75, 3.05) is 6.54 Å². The Morgan fingerprint density at radius 2 is 2.13 bits per heavy atom. The molecule has 0 aromatic rings. The van der Waals surface area contributed by atoms with Gasteiger partial charge in [0.25, 0.3) is 0 Å². The first-order valence-corrected chi connectivity index (χ1v) is 6.17. The molecule has 0 aromatic heterocycles. The highest BCUT2D eigenvalue weighted by molar-refractivity contribution is 5.76. The van der Waals surface area contributed by atoms with E-state index in [0.717, 1.165) is 12.8 Å². The maximum absolute atomic E-state index is 11.5. The highest BCUT2D eigenvalue weighted by Crippen LogP contribution is 2.27. The number of aliphatic hydroxyl groups excluding tert-OH is 1. The summed E-state index contributed by atoms with van der Waals surface area (Å²) in [6.07, 6.45) is 6.95. The van der Waals surface area contributed by atoms with Gasteiger partial charge < -0.3 is 10.4 Å². The molecule has 1 saturated carbocycles. The Bertz CT molecular complexity index is 188. The van der Waals surface area contributed by atoms with Crippen LogP contribution in [0.25, 0.3) is 0 Å². The summed E-state index contributed by atoms with van der Waals surface area (Å²) < 4.78 is 0. The molecule has 0 bridgehead atoms. The second kappa shape index (κ2) is 6.83. The fourth-order valence-electron chi connectivity index (χ4n) is 2.22. The number of aliphatic hydroxyl groups is 1. The van der Waals surface area contributed by atoms with Crippen LogP contribution in [0.5, 0.6) is 0 Å². The van der Waals surface area contributed by atoms with Gasteiger partial charge in [-0.05, 0) is 25.2 Å². The van der Waals surface area contributed by atoms with E-state index in [1.165, 1.54) is 25.7 Å². The van der Waals surface area contributed by atoms with Crippen molar-refractivity contribution in [1.29, 1.82) is 0 Å². The first-order valence-electron chi connectivity index (χ1n) is 6.17. The highest BCUT2D eigenvalue weighted by Gasteiger charge is 2.18. The third kappa shape index (κ3) is 5.17. The molecule has 1 unspecified atom stereocenters. The van der Waals surface area contributed by atoms with Gasteiger partial charge in [-0.3, -0.25) is 4.79 Å². The van der Waals surface area contributed by atoms with Crippen molar-refractivity contribution < 1.29 is 9.90 Å². The summed E-state index contributed by atoms with van der Waals surface area (Å²) in [6.45, 7) is 2.45. The minimum absolute atomic E-state index is 0.108. The molecule has 0 aromatic carbocycles. The molecular formula is C12H23NO2. The van der Waals surface area contributed by atoms with Crippen LogP contribution in [0.1, 0.15) is 51.9 Å². The van der Waals surface area contributed by atoms with E-state index in [2.05, 4.69) is 5.32 Å². The van der Waals surface area contributed by atoms with E-state index in [1.807, 2.05) is 6.92 Å². The van der Waals surface area contributed by atoms with Gasteiger partial charge >= 0.3 is 0 Å². The fraction of sp³-hybridized carbons (Fsp3) is 0.917. The molecule has 15 heavy (non-hydrogen) atoms. The molecule has 1 atom stereocenters. The lowest BCUT2D eigenvalue weighted by Crippen LogP contribution is -2.32. The normalized spacial score (nSPS) is 19.1. The number of hydrogen-bond donors (Lipinski definition) is 2. The van der Waals surface area contributed by atoms with Crippen LogP contribution in [-0.2, 0) is 4.79 Å². The lowest BCUT2D eigenvalue weighted by atomic mass is 10.0. The summed E-state index contributed by atoms with van der Waals surface area (Å²) in [4.78, 5) is 11.5. The van der Waals surface area contributed by atoms with Crippen LogP contribution in [0.15, 0.2) is 0 Å². The number of rotatable bonds is 6. The molecule has 0 radical (unpaired) electrons. The van der Waals surface area contributed by atoms with Gasteiger partial charge in [-0.2, -0.15) is 0 Å². The fourth-order valence-corrected chi connectivity index (χ4v) is 2.22. The molecular weight excluding hydrogens is 190 g/mol. The van der Waals surface area contributed by atoms with E-state index in [0.29, 0.717) is 18.9 Å². The highest BCUT2D eigenvalue weighted by atomic mass is 16.3. The van der Waals surface area contributed by atoms with Crippen LogP contribution in [0.3, 0.4) is 0 Å². The number of amides is 1. The Morgan fingerprint density at radius 1 is 1.47 bits per heavy atom. The molecule has 0 saturated heterocycles.